The number of methoxy groups -OCH3 is 1. The minimum Gasteiger partial charge on any atom is -0.497 e. The zero-order valence-electron chi connectivity index (χ0n) is 17.2. The van der Waals surface area contributed by atoms with Crippen LogP contribution < -0.4 is 15.6 Å². The molecule has 0 spiro atoms. The summed E-state index contributed by atoms with van der Waals surface area (Å²) in [5.41, 5.74) is 0.558. The van der Waals surface area contributed by atoms with Gasteiger partial charge in [-0.3, -0.25) is 9.59 Å². The highest BCUT2D eigenvalue weighted by molar-refractivity contribution is 5.83. The molecule has 1 N–H and O–H groups in total. The zero-order chi connectivity index (χ0) is 21.7. The van der Waals surface area contributed by atoms with Gasteiger partial charge in [-0.15, -0.1) is 0 Å². The second-order valence-electron chi connectivity index (χ2n) is 7.39. The van der Waals surface area contributed by atoms with Gasteiger partial charge in [0.25, 0.3) is 5.56 Å². The molecule has 1 amide bonds. The first-order valence-corrected chi connectivity index (χ1v) is 9.59. The van der Waals surface area contributed by atoms with Crippen molar-refractivity contribution in [2.45, 2.75) is 25.8 Å². The average Bonchev–Trinajstić information content (AvgIpc) is 2.74. The molecular weight excluding hydrogens is 385 g/mol. The fourth-order valence-electron chi connectivity index (χ4n) is 3.05. The van der Waals surface area contributed by atoms with E-state index in [1.165, 1.54) is 18.2 Å². The first kappa shape index (κ1) is 21.2. The average molecular weight is 409 g/mol. The molecule has 0 atom stereocenters. The minimum atomic E-state index is -1.21. The van der Waals surface area contributed by atoms with Crippen LogP contribution in [0, 0.1) is 5.82 Å². The van der Waals surface area contributed by atoms with Gasteiger partial charge in [0.05, 0.1) is 12.8 Å². The highest BCUT2D eigenvalue weighted by atomic mass is 19.1. The third kappa shape index (κ3) is 4.74. The summed E-state index contributed by atoms with van der Waals surface area (Å²) in [5.74, 6) is 0.0755. The van der Waals surface area contributed by atoms with Crippen molar-refractivity contribution in [2.24, 2.45) is 0 Å². The Labute approximate surface area is 174 Å². The van der Waals surface area contributed by atoms with Crippen LogP contribution >= 0.6 is 0 Å². The number of carbonyl (C=O) groups is 1. The third-order valence-electron chi connectivity index (χ3n) is 4.86. The Morgan fingerprint density at radius 3 is 2.57 bits per heavy atom. The predicted molar refractivity (Wildman–Crippen MR) is 113 cm³/mol. The van der Waals surface area contributed by atoms with E-state index in [0.29, 0.717) is 24.2 Å². The van der Waals surface area contributed by atoms with E-state index in [1.807, 2.05) is 24.3 Å². The largest absolute Gasteiger partial charge is 0.497 e. The molecule has 0 fully saturated rings. The number of rotatable bonds is 7. The molecule has 2 aromatic carbocycles. The lowest BCUT2D eigenvalue weighted by molar-refractivity contribution is -0.128. The Balaban J connectivity index is 1.74. The number of nitrogens with zero attached hydrogens (tertiary/aromatic N) is 2. The fraction of sp³-hybridized carbons (Fsp3) is 0.261. The molecule has 0 bridgehead atoms. The van der Waals surface area contributed by atoms with Gasteiger partial charge in [0, 0.05) is 18.2 Å². The molecule has 0 saturated carbocycles. The molecule has 156 valence electrons. The molecular formula is C23H24FN3O3. The van der Waals surface area contributed by atoms with Gasteiger partial charge in [-0.2, -0.15) is 5.10 Å². The smallest absolute Gasteiger partial charge is 0.267 e. The van der Waals surface area contributed by atoms with Gasteiger partial charge in [0.1, 0.15) is 17.1 Å². The van der Waals surface area contributed by atoms with Gasteiger partial charge in [-0.25, -0.2) is 9.07 Å². The van der Waals surface area contributed by atoms with Crippen molar-refractivity contribution in [3.8, 4) is 17.0 Å². The maximum Gasteiger partial charge on any atom is 0.267 e. The first-order chi connectivity index (χ1) is 14.3. The summed E-state index contributed by atoms with van der Waals surface area (Å²) in [4.78, 5) is 25.3. The molecule has 0 aliphatic rings. The summed E-state index contributed by atoms with van der Waals surface area (Å²) < 4.78 is 19.6. The number of hydrogen-bond acceptors (Lipinski definition) is 4. The van der Waals surface area contributed by atoms with Gasteiger partial charge in [0.15, 0.2) is 0 Å². The van der Waals surface area contributed by atoms with Crippen LogP contribution in [0.4, 0.5) is 4.39 Å². The Kier molecular flexibility index (Phi) is 6.30. The molecule has 1 heterocycles. The van der Waals surface area contributed by atoms with Gasteiger partial charge in [-0.1, -0.05) is 12.1 Å². The summed E-state index contributed by atoms with van der Waals surface area (Å²) >= 11 is 0. The molecule has 0 aliphatic heterocycles. The number of hydrogen-bond donors (Lipinski definition) is 1. The Morgan fingerprint density at radius 2 is 1.87 bits per heavy atom. The van der Waals surface area contributed by atoms with Crippen LogP contribution in [-0.2, 0) is 16.8 Å². The van der Waals surface area contributed by atoms with Crippen molar-refractivity contribution < 1.29 is 13.9 Å². The number of amides is 1. The highest BCUT2D eigenvalue weighted by Gasteiger charge is 2.32. The van der Waals surface area contributed by atoms with Crippen molar-refractivity contribution in [2.75, 3.05) is 13.7 Å². The normalized spacial score (nSPS) is 11.2. The van der Waals surface area contributed by atoms with Crippen LogP contribution in [0.1, 0.15) is 19.4 Å². The van der Waals surface area contributed by atoms with E-state index in [1.54, 1.807) is 39.2 Å². The Morgan fingerprint density at radius 1 is 1.13 bits per heavy atom. The van der Waals surface area contributed by atoms with Crippen molar-refractivity contribution in [3.05, 3.63) is 82.4 Å². The van der Waals surface area contributed by atoms with Crippen LogP contribution in [0.2, 0.25) is 0 Å². The lowest BCUT2D eigenvalue weighted by Gasteiger charge is -2.25. The van der Waals surface area contributed by atoms with Crippen LogP contribution in [0.25, 0.3) is 11.3 Å². The molecule has 0 unspecified atom stereocenters. The summed E-state index contributed by atoms with van der Waals surface area (Å²) in [7, 11) is 1.61. The summed E-state index contributed by atoms with van der Waals surface area (Å²) in [6.07, 6.45) is 0.622. The lowest BCUT2D eigenvalue weighted by atomic mass is 10.0. The Hall–Kier alpha value is -3.48. The van der Waals surface area contributed by atoms with Crippen molar-refractivity contribution in [1.29, 1.82) is 0 Å². The van der Waals surface area contributed by atoms with E-state index in [-0.39, 0.29) is 11.7 Å². The van der Waals surface area contributed by atoms with Crippen LogP contribution in [0.5, 0.6) is 5.75 Å². The maximum atomic E-state index is 13.2. The fourth-order valence-corrected chi connectivity index (χ4v) is 3.05. The molecule has 0 aliphatic carbocycles. The zero-order valence-corrected chi connectivity index (χ0v) is 17.2. The number of carbonyl (C=O) groups excluding carboxylic acids is 1. The summed E-state index contributed by atoms with van der Waals surface area (Å²) in [6, 6.07) is 16.3. The highest BCUT2D eigenvalue weighted by Crippen LogP contribution is 2.19. The van der Waals surface area contributed by atoms with E-state index in [4.69, 9.17) is 4.74 Å². The number of ether oxygens (including phenoxy) is 1. The summed E-state index contributed by atoms with van der Waals surface area (Å²) in [6.45, 7) is 3.68. The molecule has 1 aromatic heterocycles. The molecule has 3 rings (SSSR count). The Bertz CT molecular complexity index is 1090. The predicted octanol–water partition coefficient (Wildman–Crippen LogP) is 3.15. The molecule has 0 saturated heterocycles. The van der Waals surface area contributed by atoms with Crippen molar-refractivity contribution in [3.63, 3.8) is 0 Å². The molecule has 6 nitrogen and oxygen atoms in total. The molecule has 30 heavy (non-hydrogen) atoms. The monoisotopic (exact) mass is 409 g/mol. The van der Waals surface area contributed by atoms with Crippen LogP contribution in [0.15, 0.2) is 65.5 Å². The van der Waals surface area contributed by atoms with Crippen molar-refractivity contribution >= 4 is 5.91 Å². The second-order valence-corrected chi connectivity index (χ2v) is 7.39. The van der Waals surface area contributed by atoms with E-state index in [0.717, 1.165) is 16.0 Å². The molecule has 0 radical (unpaired) electrons. The molecule has 3 aromatic rings. The topological polar surface area (TPSA) is 73.2 Å². The SMILES string of the molecule is COc1cccc(CCNC(=O)C(C)(C)n2nc(-c3ccc(F)cc3)ccc2=O)c1. The van der Waals surface area contributed by atoms with Gasteiger partial charge < -0.3 is 10.1 Å². The van der Waals surface area contributed by atoms with Crippen LogP contribution in [-0.4, -0.2) is 29.3 Å². The van der Waals surface area contributed by atoms with Gasteiger partial charge >= 0.3 is 0 Å². The molecule has 7 heteroatoms. The minimum absolute atomic E-state index is 0.323. The number of benzene rings is 2. The lowest BCUT2D eigenvalue weighted by Crippen LogP contribution is -2.50. The van der Waals surface area contributed by atoms with E-state index in [2.05, 4.69) is 10.4 Å². The number of nitrogens with one attached hydrogen (secondary N) is 1. The van der Waals surface area contributed by atoms with E-state index in [9.17, 15) is 14.0 Å². The quantitative estimate of drug-likeness (QED) is 0.651. The number of halogens is 1. The van der Waals surface area contributed by atoms with Gasteiger partial charge in [0.2, 0.25) is 5.91 Å². The van der Waals surface area contributed by atoms with E-state index >= 15 is 0 Å². The standard InChI is InChI=1S/C23H24FN3O3/c1-23(2,22(29)25-14-13-16-5-4-6-19(15-16)30-3)27-21(28)12-11-20(26-27)17-7-9-18(24)10-8-17/h4-12,15H,13-14H2,1-3H3,(H,25,29). The maximum absolute atomic E-state index is 13.2. The third-order valence-corrected chi connectivity index (χ3v) is 4.86. The first-order valence-electron chi connectivity index (χ1n) is 9.59. The van der Waals surface area contributed by atoms with Gasteiger partial charge in [-0.05, 0) is 68.3 Å². The second kappa shape index (κ2) is 8.90. The summed E-state index contributed by atoms with van der Waals surface area (Å²) in [5, 5.41) is 7.23. The van der Waals surface area contributed by atoms with E-state index < -0.39 is 11.1 Å². The number of aromatic nitrogens is 2. The van der Waals surface area contributed by atoms with Crippen molar-refractivity contribution in [1.82, 2.24) is 15.1 Å². The van der Waals surface area contributed by atoms with Crippen LogP contribution in [0.3, 0.4) is 0 Å².